The predicted molar refractivity (Wildman–Crippen MR) is 89.8 cm³/mol. The van der Waals surface area contributed by atoms with Crippen molar-refractivity contribution in [2.45, 2.75) is 19.9 Å². The van der Waals surface area contributed by atoms with Gasteiger partial charge in [0.1, 0.15) is 6.07 Å². The average molecular weight is 394 g/mol. The van der Waals surface area contributed by atoms with Crippen LogP contribution in [0.15, 0.2) is 45.3 Å². The van der Waals surface area contributed by atoms with Crippen molar-refractivity contribution >= 4 is 37.5 Å². The van der Waals surface area contributed by atoms with Gasteiger partial charge in [0.2, 0.25) is 0 Å². The van der Waals surface area contributed by atoms with Crippen LogP contribution in [0.1, 0.15) is 29.7 Å². The third-order valence-corrected chi connectivity index (χ3v) is 4.37. The van der Waals surface area contributed by atoms with E-state index in [0.717, 1.165) is 25.8 Å². The molecule has 2 rings (SSSR count). The van der Waals surface area contributed by atoms with Crippen molar-refractivity contribution in [3.63, 3.8) is 0 Å². The summed E-state index contributed by atoms with van der Waals surface area (Å²) in [7, 11) is 0. The minimum absolute atomic E-state index is 0.103. The van der Waals surface area contributed by atoms with Gasteiger partial charge in [0.05, 0.1) is 11.3 Å². The number of aryl methyl sites for hydroxylation is 1. The minimum atomic E-state index is 0.103. The van der Waals surface area contributed by atoms with Crippen molar-refractivity contribution in [1.82, 2.24) is 0 Å². The number of hydrogen-bond donors (Lipinski definition) is 1. The summed E-state index contributed by atoms with van der Waals surface area (Å²) in [6.45, 7) is 4.03. The van der Waals surface area contributed by atoms with Crippen molar-refractivity contribution in [2.75, 3.05) is 5.32 Å². The van der Waals surface area contributed by atoms with Gasteiger partial charge < -0.3 is 5.32 Å². The van der Waals surface area contributed by atoms with Crippen LogP contribution < -0.4 is 5.32 Å². The summed E-state index contributed by atoms with van der Waals surface area (Å²) in [6.07, 6.45) is 0. The maximum atomic E-state index is 9.27. The lowest BCUT2D eigenvalue weighted by atomic mass is 10.0. The largest absolute Gasteiger partial charge is 0.377 e. The molecule has 2 nitrogen and oxygen atoms in total. The molecule has 0 amide bonds. The lowest BCUT2D eigenvalue weighted by Crippen LogP contribution is -2.09. The van der Waals surface area contributed by atoms with E-state index in [1.165, 1.54) is 0 Å². The first kappa shape index (κ1) is 15.1. The van der Waals surface area contributed by atoms with Crippen LogP contribution in [0.2, 0.25) is 0 Å². The summed E-state index contributed by atoms with van der Waals surface area (Å²) in [5.41, 5.74) is 3.71. The summed E-state index contributed by atoms with van der Waals surface area (Å²) in [5, 5.41) is 12.7. The van der Waals surface area contributed by atoms with E-state index in [1.807, 2.05) is 37.3 Å². The third-order valence-electron chi connectivity index (χ3n) is 3.19. The SMILES string of the molecule is Cc1cccc(NC(C)c2ccc(Br)cc2Br)c1C#N. The summed E-state index contributed by atoms with van der Waals surface area (Å²) < 4.78 is 2.08. The average Bonchev–Trinajstić information content (AvgIpc) is 2.38. The fourth-order valence-corrected chi connectivity index (χ4v) is 3.49. The van der Waals surface area contributed by atoms with Crippen molar-refractivity contribution in [2.24, 2.45) is 0 Å². The highest BCUT2D eigenvalue weighted by atomic mass is 79.9. The number of nitrogens with one attached hydrogen (secondary N) is 1. The van der Waals surface area contributed by atoms with Crippen LogP contribution in [-0.4, -0.2) is 0 Å². The number of benzene rings is 2. The van der Waals surface area contributed by atoms with Crippen LogP contribution in [0.4, 0.5) is 5.69 Å². The zero-order valence-corrected chi connectivity index (χ0v) is 14.4. The predicted octanol–water partition coefficient (Wildman–Crippen LogP) is 5.56. The molecule has 102 valence electrons. The Morgan fingerprint density at radius 3 is 2.60 bits per heavy atom. The number of hydrogen-bond acceptors (Lipinski definition) is 2. The van der Waals surface area contributed by atoms with E-state index in [-0.39, 0.29) is 6.04 Å². The number of rotatable bonds is 3. The molecule has 0 heterocycles. The van der Waals surface area contributed by atoms with Gasteiger partial charge >= 0.3 is 0 Å². The molecular weight excluding hydrogens is 380 g/mol. The molecule has 0 bridgehead atoms. The third kappa shape index (κ3) is 3.23. The summed E-state index contributed by atoms with van der Waals surface area (Å²) in [4.78, 5) is 0. The van der Waals surface area contributed by atoms with E-state index in [0.29, 0.717) is 5.56 Å². The Labute approximate surface area is 136 Å². The first-order valence-corrected chi connectivity index (χ1v) is 7.82. The molecule has 0 aliphatic carbocycles. The van der Waals surface area contributed by atoms with Crippen LogP contribution in [0.3, 0.4) is 0 Å². The molecule has 0 aliphatic heterocycles. The van der Waals surface area contributed by atoms with Gasteiger partial charge in [-0.3, -0.25) is 0 Å². The van der Waals surface area contributed by atoms with Gasteiger partial charge in [-0.1, -0.05) is 50.1 Å². The molecule has 1 unspecified atom stereocenters. The van der Waals surface area contributed by atoms with Gasteiger partial charge in [-0.25, -0.2) is 0 Å². The van der Waals surface area contributed by atoms with Gasteiger partial charge in [-0.15, -0.1) is 0 Å². The molecule has 0 saturated carbocycles. The van der Waals surface area contributed by atoms with Crippen molar-refractivity contribution < 1.29 is 0 Å². The standard InChI is InChI=1S/C16H14Br2N2/c1-10-4-3-5-16(14(10)9-19)20-11(2)13-7-6-12(17)8-15(13)18/h3-8,11,20H,1-2H3. The summed E-state index contributed by atoms with van der Waals surface area (Å²) >= 11 is 7.03. The first-order valence-electron chi connectivity index (χ1n) is 6.24. The lowest BCUT2D eigenvalue weighted by molar-refractivity contribution is 0.877. The normalized spacial score (nSPS) is 11.8. The van der Waals surface area contributed by atoms with Gasteiger partial charge in [0.15, 0.2) is 0 Å². The zero-order valence-electron chi connectivity index (χ0n) is 11.2. The summed E-state index contributed by atoms with van der Waals surface area (Å²) in [5.74, 6) is 0. The fraction of sp³-hybridized carbons (Fsp3) is 0.188. The monoisotopic (exact) mass is 392 g/mol. The van der Waals surface area contributed by atoms with Gasteiger partial charge in [-0.2, -0.15) is 5.26 Å². The second-order valence-corrected chi connectivity index (χ2v) is 6.41. The molecule has 1 atom stereocenters. The van der Waals surface area contributed by atoms with Gasteiger partial charge in [-0.05, 0) is 43.2 Å². The lowest BCUT2D eigenvalue weighted by Gasteiger charge is -2.19. The Balaban J connectivity index is 2.31. The maximum Gasteiger partial charge on any atom is 0.102 e. The highest BCUT2D eigenvalue weighted by molar-refractivity contribution is 9.11. The molecule has 2 aromatic carbocycles. The molecule has 0 fully saturated rings. The maximum absolute atomic E-state index is 9.27. The minimum Gasteiger partial charge on any atom is -0.377 e. The number of nitrogens with zero attached hydrogens (tertiary/aromatic N) is 1. The molecule has 0 spiro atoms. The molecular formula is C16H14Br2N2. The van der Waals surface area contributed by atoms with Crippen LogP contribution in [0.25, 0.3) is 0 Å². The Bertz CT molecular complexity index is 675. The quantitative estimate of drug-likeness (QED) is 0.740. The van der Waals surface area contributed by atoms with E-state index >= 15 is 0 Å². The van der Waals surface area contributed by atoms with Crippen molar-refractivity contribution in [3.05, 3.63) is 62.0 Å². The van der Waals surface area contributed by atoms with Crippen LogP contribution >= 0.6 is 31.9 Å². The second-order valence-electron chi connectivity index (χ2n) is 4.64. The first-order chi connectivity index (χ1) is 9.52. The molecule has 0 aromatic heterocycles. The highest BCUT2D eigenvalue weighted by Gasteiger charge is 2.12. The van der Waals surface area contributed by atoms with E-state index in [9.17, 15) is 5.26 Å². The van der Waals surface area contributed by atoms with E-state index in [1.54, 1.807) is 0 Å². The Morgan fingerprint density at radius 1 is 1.20 bits per heavy atom. The van der Waals surface area contributed by atoms with Gasteiger partial charge in [0, 0.05) is 15.0 Å². The zero-order chi connectivity index (χ0) is 14.7. The van der Waals surface area contributed by atoms with Gasteiger partial charge in [0.25, 0.3) is 0 Å². The van der Waals surface area contributed by atoms with E-state index in [4.69, 9.17) is 0 Å². The molecule has 0 aliphatic rings. The van der Waals surface area contributed by atoms with E-state index in [2.05, 4.69) is 56.2 Å². The van der Waals surface area contributed by atoms with Crippen LogP contribution in [0.5, 0.6) is 0 Å². The molecule has 2 aromatic rings. The summed E-state index contributed by atoms with van der Waals surface area (Å²) in [6, 6.07) is 14.3. The number of halogens is 2. The molecule has 1 N–H and O–H groups in total. The van der Waals surface area contributed by atoms with Crippen molar-refractivity contribution in [1.29, 1.82) is 5.26 Å². The second kappa shape index (κ2) is 6.43. The molecule has 20 heavy (non-hydrogen) atoms. The number of nitriles is 1. The molecule has 0 radical (unpaired) electrons. The van der Waals surface area contributed by atoms with Crippen LogP contribution in [-0.2, 0) is 0 Å². The molecule has 4 heteroatoms. The fourth-order valence-electron chi connectivity index (χ4n) is 2.10. The van der Waals surface area contributed by atoms with E-state index < -0.39 is 0 Å². The smallest absolute Gasteiger partial charge is 0.102 e. The molecule has 0 saturated heterocycles. The highest BCUT2D eigenvalue weighted by Crippen LogP contribution is 2.30. The van der Waals surface area contributed by atoms with Crippen molar-refractivity contribution in [3.8, 4) is 6.07 Å². The topological polar surface area (TPSA) is 35.8 Å². The van der Waals surface area contributed by atoms with Crippen LogP contribution in [0, 0.1) is 18.3 Å². The number of anilines is 1. The Morgan fingerprint density at radius 2 is 1.95 bits per heavy atom. The Kier molecular flexibility index (Phi) is 4.85. The Hall–Kier alpha value is -1.31.